The molecule has 1 amide bonds. The first-order valence-electron chi connectivity index (χ1n) is 8.02. The number of pyridine rings is 2. The monoisotopic (exact) mass is 311 g/mol. The van der Waals surface area contributed by atoms with Gasteiger partial charge in [-0.05, 0) is 49.8 Å². The summed E-state index contributed by atoms with van der Waals surface area (Å²) in [5.74, 6) is 0.349. The van der Waals surface area contributed by atoms with E-state index in [0.717, 1.165) is 38.0 Å². The lowest BCUT2D eigenvalue weighted by Crippen LogP contribution is -2.41. The van der Waals surface area contributed by atoms with Crippen molar-refractivity contribution in [2.45, 2.75) is 26.2 Å². The van der Waals surface area contributed by atoms with Crippen molar-refractivity contribution in [1.82, 2.24) is 14.9 Å². The summed E-state index contributed by atoms with van der Waals surface area (Å²) in [6, 6.07) is 8.83. The van der Waals surface area contributed by atoms with Crippen LogP contribution in [0.2, 0.25) is 0 Å². The summed E-state index contributed by atoms with van der Waals surface area (Å²) in [5, 5.41) is 0. The van der Waals surface area contributed by atoms with Gasteiger partial charge in [0.1, 0.15) is 5.69 Å². The standard InChI is InChI=1S/C18H21N3O2/c1-13-7-8-14(11-19-13)10-15-4-3-9-21(12-15)18(23)16-5-2-6-17(22)20-16/h2,5-8,11,15H,3-4,9-10,12H2,1H3,(H,20,22)/t15-/m1/s1. The van der Waals surface area contributed by atoms with E-state index in [1.807, 2.05) is 24.1 Å². The summed E-state index contributed by atoms with van der Waals surface area (Å²) >= 11 is 0. The molecule has 0 saturated carbocycles. The Labute approximate surface area is 135 Å². The van der Waals surface area contributed by atoms with Gasteiger partial charge in [-0.3, -0.25) is 14.6 Å². The van der Waals surface area contributed by atoms with Crippen molar-refractivity contribution in [3.05, 3.63) is 63.8 Å². The fourth-order valence-electron chi connectivity index (χ4n) is 3.11. The fourth-order valence-corrected chi connectivity index (χ4v) is 3.11. The number of nitrogens with one attached hydrogen (secondary N) is 1. The van der Waals surface area contributed by atoms with Gasteiger partial charge in [0.2, 0.25) is 5.56 Å². The second-order valence-electron chi connectivity index (χ2n) is 6.20. The molecule has 1 aliphatic heterocycles. The van der Waals surface area contributed by atoms with Crippen LogP contribution < -0.4 is 5.56 Å². The molecule has 5 nitrogen and oxygen atoms in total. The second-order valence-corrected chi connectivity index (χ2v) is 6.20. The maximum absolute atomic E-state index is 12.5. The molecule has 3 rings (SSSR count). The Balaban J connectivity index is 1.67. The lowest BCUT2D eigenvalue weighted by atomic mass is 9.91. The smallest absolute Gasteiger partial charge is 0.270 e. The van der Waals surface area contributed by atoms with Crippen LogP contribution in [0.1, 0.15) is 34.6 Å². The maximum Gasteiger partial charge on any atom is 0.270 e. The Morgan fingerprint density at radius 3 is 2.96 bits per heavy atom. The van der Waals surface area contributed by atoms with Gasteiger partial charge in [0.05, 0.1) is 0 Å². The highest BCUT2D eigenvalue weighted by molar-refractivity contribution is 5.92. The number of carbonyl (C=O) groups excluding carboxylic acids is 1. The van der Waals surface area contributed by atoms with Gasteiger partial charge in [-0.25, -0.2) is 0 Å². The van der Waals surface area contributed by atoms with Crippen LogP contribution in [0.3, 0.4) is 0 Å². The number of rotatable bonds is 3. The Kier molecular flexibility index (Phi) is 4.55. The lowest BCUT2D eigenvalue weighted by molar-refractivity contribution is 0.0667. The maximum atomic E-state index is 12.5. The first-order chi connectivity index (χ1) is 11.1. The molecule has 1 N–H and O–H groups in total. The average molecular weight is 311 g/mol. The fraction of sp³-hybridized carbons (Fsp3) is 0.389. The van der Waals surface area contributed by atoms with Gasteiger partial charge in [0, 0.05) is 31.0 Å². The molecule has 2 aromatic heterocycles. The van der Waals surface area contributed by atoms with Crippen molar-refractivity contribution in [3.8, 4) is 0 Å². The number of H-pyrrole nitrogens is 1. The number of likely N-dealkylation sites (tertiary alicyclic amines) is 1. The molecule has 0 radical (unpaired) electrons. The third kappa shape index (κ3) is 3.86. The van der Waals surface area contributed by atoms with Crippen LogP contribution in [0.15, 0.2) is 41.3 Å². The number of aromatic amines is 1. The predicted octanol–water partition coefficient (Wildman–Crippen LogP) is 2.17. The number of aryl methyl sites for hydroxylation is 1. The van der Waals surface area contributed by atoms with Crippen molar-refractivity contribution in [2.24, 2.45) is 5.92 Å². The number of carbonyl (C=O) groups is 1. The number of nitrogens with zero attached hydrogens (tertiary/aromatic N) is 2. The Morgan fingerprint density at radius 1 is 1.35 bits per heavy atom. The molecule has 2 aromatic rings. The van der Waals surface area contributed by atoms with E-state index in [-0.39, 0.29) is 11.5 Å². The number of piperidine rings is 1. The zero-order valence-corrected chi connectivity index (χ0v) is 13.3. The largest absolute Gasteiger partial charge is 0.337 e. The quantitative estimate of drug-likeness (QED) is 0.945. The van der Waals surface area contributed by atoms with E-state index < -0.39 is 0 Å². The van der Waals surface area contributed by atoms with Crippen LogP contribution in [0.4, 0.5) is 0 Å². The first-order valence-corrected chi connectivity index (χ1v) is 8.02. The Morgan fingerprint density at radius 2 is 2.22 bits per heavy atom. The minimum atomic E-state index is -0.241. The zero-order valence-electron chi connectivity index (χ0n) is 13.3. The van der Waals surface area contributed by atoms with Gasteiger partial charge in [-0.15, -0.1) is 0 Å². The van der Waals surface area contributed by atoms with Crippen LogP contribution in [0.25, 0.3) is 0 Å². The molecule has 0 bridgehead atoms. The van der Waals surface area contributed by atoms with Crippen molar-refractivity contribution >= 4 is 5.91 Å². The van der Waals surface area contributed by atoms with Gasteiger partial charge in [0.25, 0.3) is 5.91 Å². The molecule has 0 unspecified atom stereocenters. The molecule has 3 heterocycles. The summed E-state index contributed by atoms with van der Waals surface area (Å²) in [4.78, 5) is 32.7. The molecule has 0 aromatic carbocycles. The van der Waals surface area contributed by atoms with E-state index in [9.17, 15) is 9.59 Å². The molecule has 23 heavy (non-hydrogen) atoms. The van der Waals surface area contributed by atoms with Crippen LogP contribution in [-0.4, -0.2) is 33.9 Å². The topological polar surface area (TPSA) is 66.1 Å². The van der Waals surface area contributed by atoms with Crippen molar-refractivity contribution in [3.63, 3.8) is 0 Å². The Bertz CT molecular complexity index is 736. The predicted molar refractivity (Wildman–Crippen MR) is 88.4 cm³/mol. The second kappa shape index (κ2) is 6.77. The molecule has 5 heteroatoms. The number of hydrogen-bond acceptors (Lipinski definition) is 3. The van der Waals surface area contributed by atoms with E-state index in [2.05, 4.69) is 16.0 Å². The number of aromatic nitrogens is 2. The van der Waals surface area contributed by atoms with Gasteiger partial charge >= 0.3 is 0 Å². The summed E-state index contributed by atoms with van der Waals surface area (Å²) < 4.78 is 0. The lowest BCUT2D eigenvalue weighted by Gasteiger charge is -2.32. The minimum absolute atomic E-state index is 0.0885. The van der Waals surface area contributed by atoms with E-state index in [4.69, 9.17) is 0 Å². The van der Waals surface area contributed by atoms with E-state index in [0.29, 0.717) is 11.6 Å². The van der Waals surface area contributed by atoms with E-state index in [1.165, 1.54) is 11.6 Å². The van der Waals surface area contributed by atoms with Gasteiger partial charge in [-0.1, -0.05) is 12.1 Å². The molecule has 120 valence electrons. The van der Waals surface area contributed by atoms with E-state index >= 15 is 0 Å². The van der Waals surface area contributed by atoms with Gasteiger partial charge in [0.15, 0.2) is 0 Å². The summed E-state index contributed by atoms with van der Waals surface area (Å²) in [6.45, 7) is 3.45. The molecular weight excluding hydrogens is 290 g/mol. The molecule has 0 aliphatic carbocycles. The molecule has 1 fully saturated rings. The summed E-state index contributed by atoms with van der Waals surface area (Å²) in [6.07, 6.45) is 4.96. The van der Waals surface area contributed by atoms with E-state index in [1.54, 1.807) is 12.1 Å². The Hall–Kier alpha value is -2.43. The highest BCUT2D eigenvalue weighted by Crippen LogP contribution is 2.21. The molecule has 1 saturated heterocycles. The molecule has 1 atom stereocenters. The molecule has 0 spiro atoms. The van der Waals surface area contributed by atoms with Crippen LogP contribution in [-0.2, 0) is 6.42 Å². The number of hydrogen-bond donors (Lipinski definition) is 1. The van der Waals surface area contributed by atoms with Crippen LogP contribution in [0.5, 0.6) is 0 Å². The molecule has 1 aliphatic rings. The third-order valence-electron chi connectivity index (χ3n) is 4.30. The molecular formula is C18H21N3O2. The number of amides is 1. The van der Waals surface area contributed by atoms with Crippen molar-refractivity contribution in [2.75, 3.05) is 13.1 Å². The summed E-state index contributed by atoms with van der Waals surface area (Å²) in [7, 11) is 0. The first kappa shape index (κ1) is 15.5. The normalized spacial score (nSPS) is 18.0. The average Bonchev–Trinajstić information content (AvgIpc) is 2.56. The minimum Gasteiger partial charge on any atom is -0.337 e. The SMILES string of the molecule is Cc1ccc(C[C@H]2CCCN(C(=O)c3cccc(=O)[nH]3)C2)cn1. The summed E-state index contributed by atoms with van der Waals surface area (Å²) in [5.41, 5.74) is 2.36. The van der Waals surface area contributed by atoms with Gasteiger partial charge < -0.3 is 9.88 Å². The van der Waals surface area contributed by atoms with Gasteiger partial charge in [-0.2, -0.15) is 0 Å². The van der Waals surface area contributed by atoms with Crippen LogP contribution >= 0.6 is 0 Å². The highest BCUT2D eigenvalue weighted by atomic mass is 16.2. The van der Waals surface area contributed by atoms with Crippen molar-refractivity contribution in [1.29, 1.82) is 0 Å². The highest BCUT2D eigenvalue weighted by Gasteiger charge is 2.25. The van der Waals surface area contributed by atoms with Crippen LogP contribution in [0, 0.1) is 12.8 Å². The zero-order chi connectivity index (χ0) is 16.2. The van der Waals surface area contributed by atoms with Crippen molar-refractivity contribution < 1.29 is 4.79 Å². The third-order valence-corrected chi connectivity index (χ3v) is 4.30.